The molecule has 2 saturated heterocycles. The van der Waals surface area contributed by atoms with Crippen LogP contribution in [0.15, 0.2) is 18.2 Å². The molecule has 0 spiro atoms. The maximum absolute atomic E-state index is 12.9. The summed E-state index contributed by atoms with van der Waals surface area (Å²) in [6, 6.07) is 5.83. The highest BCUT2D eigenvalue weighted by atomic mass is 16.5. The molecule has 1 N–H and O–H groups in total. The summed E-state index contributed by atoms with van der Waals surface area (Å²) in [6.45, 7) is 9.22. The van der Waals surface area contributed by atoms with E-state index in [0.29, 0.717) is 25.3 Å². The zero-order chi connectivity index (χ0) is 19.7. The van der Waals surface area contributed by atoms with Crippen LogP contribution in [0.3, 0.4) is 0 Å². The first-order valence-corrected chi connectivity index (χ1v) is 10.4. The Labute approximate surface area is 166 Å². The van der Waals surface area contributed by atoms with Gasteiger partial charge in [0.1, 0.15) is 12.4 Å². The number of carbonyl (C=O) groups is 2. The average Bonchev–Trinajstić information content (AvgIpc) is 2.73. The van der Waals surface area contributed by atoms with Gasteiger partial charge in [0.15, 0.2) is 0 Å². The number of hydrogen-bond acceptors (Lipinski definition) is 5. The first-order valence-electron chi connectivity index (χ1n) is 10.4. The van der Waals surface area contributed by atoms with Crippen LogP contribution < -0.4 is 10.1 Å². The van der Waals surface area contributed by atoms with Crippen LogP contribution >= 0.6 is 0 Å². The van der Waals surface area contributed by atoms with Crippen LogP contribution in [0.4, 0.5) is 5.69 Å². The third-order valence-corrected chi connectivity index (χ3v) is 6.01. The fourth-order valence-electron chi connectivity index (χ4n) is 4.42. The number of likely N-dealkylation sites (tertiary alicyclic amines) is 1. The Morgan fingerprint density at radius 2 is 1.96 bits per heavy atom. The van der Waals surface area contributed by atoms with Crippen molar-refractivity contribution < 1.29 is 14.3 Å². The predicted octanol–water partition coefficient (Wildman–Crippen LogP) is 1.65. The Morgan fingerprint density at radius 1 is 1.18 bits per heavy atom. The molecule has 28 heavy (non-hydrogen) atoms. The Balaban J connectivity index is 1.37. The van der Waals surface area contributed by atoms with Crippen molar-refractivity contribution in [2.45, 2.75) is 38.8 Å². The predicted molar refractivity (Wildman–Crippen MR) is 108 cm³/mol. The van der Waals surface area contributed by atoms with Crippen molar-refractivity contribution in [3.8, 4) is 5.75 Å². The number of piperidine rings is 1. The summed E-state index contributed by atoms with van der Waals surface area (Å²) in [7, 11) is 0. The molecule has 3 aliphatic heterocycles. The van der Waals surface area contributed by atoms with Gasteiger partial charge in [0, 0.05) is 50.9 Å². The molecule has 1 aromatic carbocycles. The van der Waals surface area contributed by atoms with Crippen molar-refractivity contribution in [2.24, 2.45) is 0 Å². The van der Waals surface area contributed by atoms with E-state index in [1.54, 1.807) is 0 Å². The number of benzene rings is 1. The van der Waals surface area contributed by atoms with Gasteiger partial charge in [-0.1, -0.05) is 0 Å². The Bertz CT molecular complexity index is 743. The third kappa shape index (κ3) is 3.68. The lowest BCUT2D eigenvalue weighted by Gasteiger charge is -2.43. The van der Waals surface area contributed by atoms with Gasteiger partial charge in [0.2, 0.25) is 5.91 Å². The van der Waals surface area contributed by atoms with Crippen LogP contribution in [0, 0.1) is 0 Å². The van der Waals surface area contributed by atoms with Crippen molar-refractivity contribution in [1.29, 1.82) is 0 Å². The second kappa shape index (κ2) is 7.99. The average molecular weight is 386 g/mol. The summed E-state index contributed by atoms with van der Waals surface area (Å²) in [5.41, 5.74) is 1.61. The molecule has 0 saturated carbocycles. The Hall–Kier alpha value is -2.28. The summed E-state index contributed by atoms with van der Waals surface area (Å²) < 4.78 is 5.66. The minimum Gasteiger partial charge on any atom is -0.490 e. The van der Waals surface area contributed by atoms with E-state index in [1.165, 1.54) is 0 Å². The SMILES string of the molecule is CC(C)N1CCCC(N2CCN(C(=O)c3ccc4c(c3)OCCN4)CC2)C1=O. The first-order chi connectivity index (χ1) is 13.5. The van der Waals surface area contributed by atoms with Gasteiger partial charge in [-0.2, -0.15) is 0 Å². The molecule has 1 unspecified atom stereocenters. The van der Waals surface area contributed by atoms with Crippen LogP contribution in [0.5, 0.6) is 5.75 Å². The van der Waals surface area contributed by atoms with Crippen molar-refractivity contribution in [3.63, 3.8) is 0 Å². The van der Waals surface area contributed by atoms with Crippen LogP contribution in [0.1, 0.15) is 37.0 Å². The van der Waals surface area contributed by atoms with Crippen LogP contribution in [-0.4, -0.2) is 84.5 Å². The lowest BCUT2D eigenvalue weighted by Crippen LogP contribution is -2.59. The summed E-state index contributed by atoms with van der Waals surface area (Å²) in [5, 5.41) is 3.27. The molecule has 1 aromatic rings. The summed E-state index contributed by atoms with van der Waals surface area (Å²) in [5.74, 6) is 1.04. The van der Waals surface area contributed by atoms with Crippen molar-refractivity contribution >= 4 is 17.5 Å². The van der Waals surface area contributed by atoms with E-state index in [9.17, 15) is 9.59 Å². The summed E-state index contributed by atoms with van der Waals surface area (Å²) >= 11 is 0. The topological polar surface area (TPSA) is 65.1 Å². The summed E-state index contributed by atoms with van der Waals surface area (Å²) in [4.78, 5) is 31.9. The zero-order valence-electron chi connectivity index (χ0n) is 16.8. The van der Waals surface area contributed by atoms with Gasteiger partial charge < -0.3 is 19.9 Å². The molecule has 7 nitrogen and oxygen atoms in total. The van der Waals surface area contributed by atoms with Gasteiger partial charge >= 0.3 is 0 Å². The number of piperazine rings is 1. The molecule has 2 amide bonds. The highest BCUT2D eigenvalue weighted by Gasteiger charge is 2.36. The number of nitrogens with one attached hydrogen (secondary N) is 1. The number of amides is 2. The molecule has 3 heterocycles. The van der Waals surface area contributed by atoms with E-state index in [1.807, 2.05) is 28.0 Å². The van der Waals surface area contributed by atoms with Crippen LogP contribution in [0.25, 0.3) is 0 Å². The van der Waals surface area contributed by atoms with Crippen LogP contribution in [0.2, 0.25) is 0 Å². The third-order valence-electron chi connectivity index (χ3n) is 6.01. The maximum atomic E-state index is 12.9. The molecule has 2 fully saturated rings. The number of rotatable bonds is 3. The van der Waals surface area contributed by atoms with Gasteiger partial charge in [0.05, 0.1) is 11.7 Å². The standard InChI is InChI=1S/C21H30N4O3/c1-15(2)25-8-3-4-18(21(25)27)23-9-11-24(12-10-23)20(26)16-5-6-17-19(14-16)28-13-7-22-17/h5-6,14-15,18,22H,3-4,7-13H2,1-2H3. The number of ether oxygens (including phenoxy) is 1. The quantitative estimate of drug-likeness (QED) is 0.856. The minimum absolute atomic E-state index is 0.0309. The van der Waals surface area contributed by atoms with E-state index in [0.717, 1.165) is 50.5 Å². The lowest BCUT2D eigenvalue weighted by atomic mass is 10.0. The van der Waals surface area contributed by atoms with E-state index >= 15 is 0 Å². The fourth-order valence-corrected chi connectivity index (χ4v) is 4.42. The molecular formula is C21H30N4O3. The molecule has 7 heteroatoms. The van der Waals surface area contributed by atoms with E-state index in [-0.39, 0.29) is 23.9 Å². The molecule has 1 atom stereocenters. The molecule has 0 aromatic heterocycles. The number of carbonyl (C=O) groups excluding carboxylic acids is 2. The fraction of sp³-hybridized carbons (Fsp3) is 0.619. The largest absolute Gasteiger partial charge is 0.490 e. The molecule has 0 aliphatic carbocycles. The van der Waals surface area contributed by atoms with Gasteiger partial charge in [0.25, 0.3) is 5.91 Å². The van der Waals surface area contributed by atoms with Crippen molar-refractivity contribution in [2.75, 3.05) is 51.2 Å². The normalized spacial score (nSPS) is 23.2. The molecule has 152 valence electrons. The number of anilines is 1. The molecule has 3 aliphatic rings. The highest BCUT2D eigenvalue weighted by Crippen LogP contribution is 2.29. The van der Waals surface area contributed by atoms with Gasteiger partial charge in [-0.3, -0.25) is 14.5 Å². The van der Waals surface area contributed by atoms with Gasteiger partial charge in [-0.25, -0.2) is 0 Å². The number of hydrogen-bond donors (Lipinski definition) is 1. The summed E-state index contributed by atoms with van der Waals surface area (Å²) in [6.07, 6.45) is 1.97. The maximum Gasteiger partial charge on any atom is 0.254 e. The molecule has 0 bridgehead atoms. The van der Waals surface area contributed by atoms with E-state index in [4.69, 9.17) is 4.74 Å². The lowest BCUT2D eigenvalue weighted by molar-refractivity contribution is -0.142. The van der Waals surface area contributed by atoms with E-state index < -0.39 is 0 Å². The Morgan fingerprint density at radius 3 is 2.71 bits per heavy atom. The molecule has 4 rings (SSSR count). The number of fused-ring (bicyclic) bond motifs is 1. The van der Waals surface area contributed by atoms with Gasteiger partial charge in [-0.15, -0.1) is 0 Å². The molecule has 0 radical (unpaired) electrons. The monoisotopic (exact) mass is 386 g/mol. The Kier molecular flexibility index (Phi) is 5.44. The smallest absolute Gasteiger partial charge is 0.254 e. The van der Waals surface area contributed by atoms with Crippen molar-refractivity contribution in [1.82, 2.24) is 14.7 Å². The van der Waals surface area contributed by atoms with Crippen molar-refractivity contribution in [3.05, 3.63) is 23.8 Å². The minimum atomic E-state index is -0.0309. The van der Waals surface area contributed by atoms with Gasteiger partial charge in [-0.05, 0) is 44.9 Å². The highest BCUT2D eigenvalue weighted by molar-refractivity contribution is 5.95. The first kappa shape index (κ1) is 19.1. The number of nitrogens with zero attached hydrogens (tertiary/aromatic N) is 3. The second-order valence-corrected chi connectivity index (χ2v) is 8.10. The van der Waals surface area contributed by atoms with E-state index in [2.05, 4.69) is 24.1 Å². The molecular weight excluding hydrogens is 356 g/mol. The van der Waals surface area contributed by atoms with Crippen LogP contribution in [-0.2, 0) is 4.79 Å². The second-order valence-electron chi connectivity index (χ2n) is 8.10. The zero-order valence-corrected chi connectivity index (χ0v) is 16.8.